The van der Waals surface area contributed by atoms with E-state index in [4.69, 9.17) is 18.6 Å². The van der Waals surface area contributed by atoms with Gasteiger partial charge in [-0.15, -0.1) is 0 Å². The molecule has 9 heteroatoms. The molecule has 0 atom stereocenters. The predicted octanol–water partition coefficient (Wildman–Crippen LogP) is 4.09. The average Bonchev–Trinajstić information content (AvgIpc) is 3.42. The highest BCUT2D eigenvalue weighted by atomic mass is 16.5. The number of aromatic nitrogens is 2. The largest absolute Gasteiger partial charge is 0.493 e. The number of furan rings is 1. The van der Waals surface area contributed by atoms with Gasteiger partial charge in [0.05, 0.1) is 50.7 Å². The number of hydrogen-bond donors (Lipinski definition) is 2. The summed E-state index contributed by atoms with van der Waals surface area (Å²) in [6.45, 7) is 0. The van der Waals surface area contributed by atoms with Gasteiger partial charge in [-0.2, -0.15) is 0 Å². The van der Waals surface area contributed by atoms with E-state index >= 15 is 0 Å². The van der Waals surface area contributed by atoms with E-state index in [-0.39, 0.29) is 5.56 Å². The summed E-state index contributed by atoms with van der Waals surface area (Å²) in [4.78, 5) is 15.8. The summed E-state index contributed by atoms with van der Waals surface area (Å²) in [7, 11) is 4.64. The summed E-state index contributed by atoms with van der Waals surface area (Å²) in [5.74, 6) is 1.00. The number of hydrogen-bond acceptors (Lipinski definition) is 7. The van der Waals surface area contributed by atoms with Crippen LogP contribution in [0.3, 0.4) is 0 Å². The monoisotopic (exact) mass is 409 g/mol. The van der Waals surface area contributed by atoms with Gasteiger partial charge < -0.3 is 33.6 Å². The molecular weight excluding hydrogens is 390 g/mol. The fourth-order valence-electron chi connectivity index (χ4n) is 3.18. The number of methoxy groups -OCH3 is 3. The third kappa shape index (κ3) is 3.37. The van der Waals surface area contributed by atoms with Crippen LogP contribution in [0.1, 0.15) is 10.4 Å². The molecule has 0 aliphatic rings. The summed E-state index contributed by atoms with van der Waals surface area (Å²) in [6.07, 6.45) is 4.88. The van der Waals surface area contributed by atoms with Crippen molar-refractivity contribution in [3.63, 3.8) is 0 Å². The number of carboxylic acids is 1. The lowest BCUT2D eigenvalue weighted by Crippen LogP contribution is -1.99. The van der Waals surface area contributed by atoms with Crippen molar-refractivity contribution in [1.29, 1.82) is 0 Å². The maximum atomic E-state index is 11.4. The van der Waals surface area contributed by atoms with Gasteiger partial charge in [0, 0.05) is 17.5 Å². The third-order valence-corrected chi connectivity index (χ3v) is 4.59. The van der Waals surface area contributed by atoms with Crippen molar-refractivity contribution < 1.29 is 28.5 Å². The minimum Gasteiger partial charge on any atom is -0.493 e. The van der Waals surface area contributed by atoms with Gasteiger partial charge in [0.2, 0.25) is 5.75 Å². The second kappa shape index (κ2) is 7.70. The smallest absolute Gasteiger partial charge is 0.335 e. The summed E-state index contributed by atoms with van der Waals surface area (Å²) in [5, 5.41) is 13.2. The Bertz CT molecular complexity index is 1200. The summed E-state index contributed by atoms with van der Waals surface area (Å²) >= 11 is 0. The molecule has 0 fully saturated rings. The Morgan fingerprint density at radius 2 is 1.83 bits per heavy atom. The normalized spacial score (nSPS) is 10.8. The number of rotatable bonds is 7. The number of ether oxygens (including phenoxy) is 3. The van der Waals surface area contributed by atoms with E-state index in [2.05, 4.69) is 10.3 Å². The number of imidazole rings is 1. The highest BCUT2D eigenvalue weighted by Crippen LogP contribution is 2.39. The molecule has 2 N–H and O–H groups in total. The summed E-state index contributed by atoms with van der Waals surface area (Å²) < 4.78 is 23.4. The zero-order valence-corrected chi connectivity index (χ0v) is 16.5. The van der Waals surface area contributed by atoms with Crippen molar-refractivity contribution in [2.45, 2.75) is 0 Å². The van der Waals surface area contributed by atoms with Crippen molar-refractivity contribution in [1.82, 2.24) is 9.55 Å². The molecule has 2 heterocycles. The molecule has 0 unspecified atom stereocenters. The van der Waals surface area contributed by atoms with E-state index in [0.717, 1.165) is 5.69 Å². The third-order valence-electron chi connectivity index (χ3n) is 4.59. The van der Waals surface area contributed by atoms with Crippen molar-refractivity contribution in [2.24, 2.45) is 0 Å². The molecule has 9 nitrogen and oxygen atoms in total. The molecule has 0 amide bonds. The topological polar surface area (TPSA) is 108 Å². The SMILES string of the molecule is COc1cc(-n2cnc(Nc3cc(C(=O)O)cc4ccoc34)c2)cc(OC)c1OC. The van der Waals surface area contributed by atoms with Crippen LogP contribution < -0.4 is 19.5 Å². The molecule has 30 heavy (non-hydrogen) atoms. The van der Waals surface area contributed by atoms with Crippen molar-refractivity contribution in [3.8, 4) is 22.9 Å². The first-order valence-electron chi connectivity index (χ1n) is 8.90. The Morgan fingerprint density at radius 3 is 2.47 bits per heavy atom. The van der Waals surface area contributed by atoms with Crippen LogP contribution in [-0.4, -0.2) is 42.0 Å². The van der Waals surface area contributed by atoms with Gasteiger partial charge in [-0.05, 0) is 18.2 Å². The number of fused-ring (bicyclic) bond motifs is 1. The van der Waals surface area contributed by atoms with Gasteiger partial charge in [0.25, 0.3) is 0 Å². The van der Waals surface area contributed by atoms with Crippen molar-refractivity contribution in [2.75, 3.05) is 26.6 Å². The zero-order chi connectivity index (χ0) is 21.3. The van der Waals surface area contributed by atoms with E-state index in [1.54, 1.807) is 62.7 Å². The van der Waals surface area contributed by atoms with Crippen LogP contribution >= 0.6 is 0 Å². The van der Waals surface area contributed by atoms with Gasteiger partial charge in [-0.3, -0.25) is 0 Å². The standard InChI is InChI=1S/C21H19N3O6/c1-27-16-8-14(9-17(28-2)20(16)29-3)24-10-18(22-11-24)23-15-7-13(21(25)26)6-12-4-5-30-19(12)15/h4-11,23H,1-3H3,(H,25,26). The first kappa shape index (κ1) is 19.2. The number of carboxylic acid groups (broad SMARTS) is 1. The maximum absolute atomic E-state index is 11.4. The van der Waals surface area contributed by atoms with Crippen LogP contribution in [0, 0.1) is 0 Å². The molecule has 4 rings (SSSR count). The second-order valence-corrected chi connectivity index (χ2v) is 6.34. The lowest BCUT2D eigenvalue weighted by Gasteiger charge is -2.14. The van der Waals surface area contributed by atoms with Crippen LogP contribution in [0.15, 0.2) is 53.5 Å². The Kier molecular flexibility index (Phi) is 4.93. The molecule has 0 radical (unpaired) electrons. The highest BCUT2D eigenvalue weighted by molar-refractivity contribution is 5.99. The number of nitrogens with zero attached hydrogens (tertiary/aromatic N) is 2. The Balaban J connectivity index is 1.70. The minimum absolute atomic E-state index is 0.149. The zero-order valence-electron chi connectivity index (χ0n) is 16.5. The predicted molar refractivity (Wildman–Crippen MR) is 110 cm³/mol. The maximum Gasteiger partial charge on any atom is 0.335 e. The van der Waals surface area contributed by atoms with Crippen molar-refractivity contribution >= 4 is 28.4 Å². The van der Waals surface area contributed by atoms with Gasteiger partial charge in [0.15, 0.2) is 17.1 Å². The number of aromatic carboxylic acids is 1. The second-order valence-electron chi connectivity index (χ2n) is 6.34. The molecule has 0 saturated heterocycles. The number of benzene rings is 2. The number of anilines is 2. The van der Waals surface area contributed by atoms with Gasteiger partial charge in [-0.25, -0.2) is 9.78 Å². The number of nitrogens with one attached hydrogen (secondary N) is 1. The Hall–Kier alpha value is -4.14. The molecule has 0 spiro atoms. The molecule has 4 aromatic rings. The van der Waals surface area contributed by atoms with Crippen LogP contribution in [0.5, 0.6) is 17.2 Å². The van der Waals surface area contributed by atoms with E-state index in [1.165, 1.54) is 12.3 Å². The molecule has 2 aromatic heterocycles. The van der Waals surface area contributed by atoms with E-state index < -0.39 is 5.97 Å². The molecule has 0 saturated carbocycles. The summed E-state index contributed by atoms with van der Waals surface area (Å²) in [5.41, 5.74) is 1.94. The lowest BCUT2D eigenvalue weighted by atomic mass is 10.1. The molecule has 0 aliphatic carbocycles. The Labute approximate surface area is 171 Å². The first-order valence-corrected chi connectivity index (χ1v) is 8.90. The lowest BCUT2D eigenvalue weighted by molar-refractivity contribution is 0.0697. The Morgan fingerprint density at radius 1 is 1.10 bits per heavy atom. The molecule has 0 aliphatic heterocycles. The fraction of sp³-hybridized carbons (Fsp3) is 0.143. The van der Waals surface area contributed by atoms with E-state index in [1.807, 2.05) is 0 Å². The molecular formula is C21H19N3O6. The van der Waals surface area contributed by atoms with Crippen LogP contribution in [0.25, 0.3) is 16.7 Å². The quantitative estimate of drug-likeness (QED) is 0.470. The minimum atomic E-state index is -1.02. The van der Waals surface area contributed by atoms with Crippen LogP contribution in [0.4, 0.5) is 11.5 Å². The van der Waals surface area contributed by atoms with Gasteiger partial charge in [-0.1, -0.05) is 0 Å². The van der Waals surface area contributed by atoms with Crippen LogP contribution in [0.2, 0.25) is 0 Å². The average molecular weight is 409 g/mol. The van der Waals surface area contributed by atoms with Crippen molar-refractivity contribution in [3.05, 3.63) is 54.7 Å². The van der Waals surface area contributed by atoms with Crippen LogP contribution in [-0.2, 0) is 0 Å². The molecule has 154 valence electrons. The van der Waals surface area contributed by atoms with Gasteiger partial charge in [0.1, 0.15) is 12.1 Å². The fourth-order valence-corrected chi connectivity index (χ4v) is 3.18. The van der Waals surface area contributed by atoms with E-state index in [9.17, 15) is 9.90 Å². The number of carbonyl (C=O) groups is 1. The van der Waals surface area contributed by atoms with Gasteiger partial charge >= 0.3 is 5.97 Å². The highest BCUT2D eigenvalue weighted by Gasteiger charge is 2.16. The summed E-state index contributed by atoms with van der Waals surface area (Å²) in [6, 6.07) is 8.36. The molecule has 0 bridgehead atoms. The first-order chi connectivity index (χ1) is 14.5. The van der Waals surface area contributed by atoms with E-state index in [0.29, 0.717) is 39.7 Å². The molecule has 2 aromatic carbocycles.